The number of halogens is 3. The second kappa shape index (κ2) is 5.69. The van der Waals surface area contributed by atoms with Crippen LogP contribution in [0.5, 0.6) is 0 Å². The summed E-state index contributed by atoms with van der Waals surface area (Å²) in [6.07, 6.45) is -4.40. The standard InChI is InChI=1S/C13H25F3N2O/c1-9(2)7-18(8-13(14,15)16)10(19)11(3,4)12(5,6)17/h9H,7-8,17H2,1-6H3. The zero-order valence-electron chi connectivity index (χ0n) is 12.6. The predicted octanol–water partition coefficient (Wildman–Crippen LogP) is 2.80. The van der Waals surface area contributed by atoms with Gasteiger partial charge in [-0.2, -0.15) is 13.2 Å². The van der Waals surface area contributed by atoms with Crippen molar-refractivity contribution in [3.05, 3.63) is 0 Å². The van der Waals surface area contributed by atoms with Gasteiger partial charge in [0.25, 0.3) is 0 Å². The molecule has 0 bridgehead atoms. The molecule has 2 N–H and O–H groups in total. The minimum atomic E-state index is -4.40. The van der Waals surface area contributed by atoms with Gasteiger partial charge in [0.15, 0.2) is 0 Å². The Balaban J connectivity index is 5.22. The lowest BCUT2D eigenvalue weighted by molar-refractivity contribution is -0.169. The van der Waals surface area contributed by atoms with Crippen LogP contribution in [-0.4, -0.2) is 35.6 Å². The fourth-order valence-corrected chi connectivity index (χ4v) is 1.55. The molecule has 0 aromatic heterocycles. The van der Waals surface area contributed by atoms with Crippen LogP contribution in [0.1, 0.15) is 41.5 Å². The van der Waals surface area contributed by atoms with Gasteiger partial charge >= 0.3 is 6.18 Å². The summed E-state index contributed by atoms with van der Waals surface area (Å²) in [5.74, 6) is -0.603. The number of hydrogen-bond donors (Lipinski definition) is 1. The average Bonchev–Trinajstić information content (AvgIpc) is 2.10. The molecule has 0 saturated heterocycles. The highest BCUT2D eigenvalue weighted by Gasteiger charge is 2.45. The molecule has 0 rings (SSSR count). The summed E-state index contributed by atoms with van der Waals surface area (Å²) in [7, 11) is 0. The van der Waals surface area contributed by atoms with Gasteiger partial charge in [-0.1, -0.05) is 13.8 Å². The van der Waals surface area contributed by atoms with Crippen LogP contribution in [0.3, 0.4) is 0 Å². The maximum atomic E-state index is 12.6. The van der Waals surface area contributed by atoms with Gasteiger partial charge in [0.2, 0.25) is 5.91 Å². The second-order valence-corrected chi connectivity index (χ2v) is 6.54. The summed E-state index contributed by atoms with van der Waals surface area (Å²) in [5, 5.41) is 0. The summed E-state index contributed by atoms with van der Waals surface area (Å²) in [4.78, 5) is 13.2. The Kier molecular flexibility index (Phi) is 5.46. The molecule has 0 saturated carbocycles. The SMILES string of the molecule is CC(C)CN(CC(F)(F)F)C(=O)C(C)(C)C(C)(C)N. The van der Waals surface area contributed by atoms with Crippen LogP contribution >= 0.6 is 0 Å². The van der Waals surface area contributed by atoms with Crippen molar-refractivity contribution < 1.29 is 18.0 Å². The Bertz CT molecular complexity index is 317. The molecule has 0 radical (unpaired) electrons. The number of amides is 1. The molecule has 0 heterocycles. The van der Waals surface area contributed by atoms with Crippen LogP contribution < -0.4 is 5.73 Å². The maximum Gasteiger partial charge on any atom is 0.406 e. The van der Waals surface area contributed by atoms with Gasteiger partial charge in [-0.15, -0.1) is 0 Å². The van der Waals surface area contributed by atoms with Crippen molar-refractivity contribution in [1.82, 2.24) is 4.90 Å². The van der Waals surface area contributed by atoms with E-state index in [0.29, 0.717) is 0 Å². The van der Waals surface area contributed by atoms with E-state index < -0.39 is 29.6 Å². The number of carbonyl (C=O) groups excluding carboxylic acids is 1. The zero-order valence-corrected chi connectivity index (χ0v) is 12.6. The van der Waals surface area contributed by atoms with E-state index in [-0.39, 0.29) is 12.5 Å². The Morgan fingerprint density at radius 2 is 1.58 bits per heavy atom. The van der Waals surface area contributed by atoms with Crippen molar-refractivity contribution in [3.8, 4) is 0 Å². The van der Waals surface area contributed by atoms with Crippen molar-refractivity contribution in [2.24, 2.45) is 17.1 Å². The van der Waals surface area contributed by atoms with Crippen LogP contribution in [0.2, 0.25) is 0 Å². The Labute approximate surface area is 113 Å². The van der Waals surface area contributed by atoms with Gasteiger partial charge in [0, 0.05) is 12.1 Å². The Hall–Kier alpha value is -0.780. The van der Waals surface area contributed by atoms with E-state index in [9.17, 15) is 18.0 Å². The topological polar surface area (TPSA) is 46.3 Å². The number of carbonyl (C=O) groups is 1. The van der Waals surface area contributed by atoms with Crippen molar-refractivity contribution in [1.29, 1.82) is 0 Å². The Morgan fingerprint density at radius 3 is 1.84 bits per heavy atom. The van der Waals surface area contributed by atoms with E-state index in [0.717, 1.165) is 4.90 Å². The van der Waals surface area contributed by atoms with Crippen LogP contribution in [0.4, 0.5) is 13.2 Å². The van der Waals surface area contributed by atoms with E-state index in [4.69, 9.17) is 5.73 Å². The van der Waals surface area contributed by atoms with E-state index in [1.807, 2.05) is 0 Å². The van der Waals surface area contributed by atoms with E-state index in [1.54, 1.807) is 41.5 Å². The first-order valence-corrected chi connectivity index (χ1v) is 6.33. The highest BCUT2D eigenvalue weighted by molar-refractivity contribution is 5.83. The molecule has 0 aromatic rings. The maximum absolute atomic E-state index is 12.6. The number of hydrogen-bond acceptors (Lipinski definition) is 2. The predicted molar refractivity (Wildman–Crippen MR) is 69.5 cm³/mol. The van der Waals surface area contributed by atoms with Crippen molar-refractivity contribution >= 4 is 5.91 Å². The first-order valence-electron chi connectivity index (χ1n) is 6.33. The van der Waals surface area contributed by atoms with Crippen LogP contribution in [0, 0.1) is 11.3 Å². The van der Waals surface area contributed by atoms with Gasteiger partial charge in [-0.25, -0.2) is 0 Å². The molecule has 0 aromatic carbocycles. The molecular weight excluding hydrogens is 257 g/mol. The molecule has 0 atom stereocenters. The second-order valence-electron chi connectivity index (χ2n) is 6.54. The lowest BCUT2D eigenvalue weighted by atomic mass is 9.74. The quantitative estimate of drug-likeness (QED) is 0.843. The van der Waals surface area contributed by atoms with Gasteiger partial charge < -0.3 is 10.6 Å². The molecule has 0 aliphatic carbocycles. The van der Waals surface area contributed by atoms with Gasteiger partial charge in [-0.05, 0) is 33.6 Å². The minimum Gasteiger partial charge on any atom is -0.333 e. The average molecular weight is 282 g/mol. The van der Waals surface area contributed by atoms with Gasteiger partial charge in [0.1, 0.15) is 6.54 Å². The first kappa shape index (κ1) is 18.2. The van der Waals surface area contributed by atoms with Crippen molar-refractivity contribution in [3.63, 3.8) is 0 Å². The first-order chi connectivity index (χ1) is 8.18. The summed E-state index contributed by atoms with van der Waals surface area (Å²) < 4.78 is 37.7. The summed E-state index contributed by atoms with van der Waals surface area (Å²) in [6.45, 7) is 8.84. The largest absolute Gasteiger partial charge is 0.406 e. The third-order valence-electron chi connectivity index (χ3n) is 3.39. The lowest BCUT2D eigenvalue weighted by Gasteiger charge is -2.41. The minimum absolute atomic E-state index is 0.0389. The van der Waals surface area contributed by atoms with Crippen molar-refractivity contribution in [2.45, 2.75) is 53.3 Å². The Morgan fingerprint density at radius 1 is 1.16 bits per heavy atom. The van der Waals surface area contributed by atoms with E-state index in [1.165, 1.54) is 0 Å². The molecule has 19 heavy (non-hydrogen) atoms. The molecule has 1 amide bonds. The summed E-state index contributed by atoms with van der Waals surface area (Å²) in [6, 6.07) is 0. The molecular formula is C13H25F3N2O. The molecule has 114 valence electrons. The molecule has 0 unspecified atom stereocenters. The molecule has 6 heteroatoms. The fraction of sp³-hybridized carbons (Fsp3) is 0.923. The number of rotatable bonds is 5. The zero-order chi connectivity index (χ0) is 15.6. The third-order valence-corrected chi connectivity index (χ3v) is 3.39. The number of nitrogens with two attached hydrogens (primary N) is 1. The van der Waals surface area contributed by atoms with Crippen LogP contribution in [0.25, 0.3) is 0 Å². The third kappa shape index (κ3) is 5.38. The van der Waals surface area contributed by atoms with Crippen LogP contribution in [0.15, 0.2) is 0 Å². The summed E-state index contributed by atoms with van der Waals surface area (Å²) >= 11 is 0. The summed E-state index contributed by atoms with van der Waals surface area (Å²) in [5.41, 5.74) is 3.96. The molecule has 0 aliphatic rings. The van der Waals surface area contributed by atoms with Crippen LogP contribution in [-0.2, 0) is 4.79 Å². The highest BCUT2D eigenvalue weighted by atomic mass is 19.4. The van der Waals surface area contributed by atoms with Crippen molar-refractivity contribution in [2.75, 3.05) is 13.1 Å². The lowest BCUT2D eigenvalue weighted by Crippen LogP contribution is -2.58. The normalized spacial score (nSPS) is 13.8. The van der Waals surface area contributed by atoms with E-state index >= 15 is 0 Å². The number of alkyl halides is 3. The molecule has 0 aliphatic heterocycles. The number of nitrogens with zero attached hydrogens (tertiary/aromatic N) is 1. The molecule has 0 fully saturated rings. The molecule has 3 nitrogen and oxygen atoms in total. The van der Waals surface area contributed by atoms with E-state index in [2.05, 4.69) is 0 Å². The monoisotopic (exact) mass is 282 g/mol. The highest BCUT2D eigenvalue weighted by Crippen LogP contribution is 2.32. The van der Waals surface area contributed by atoms with Gasteiger partial charge in [0.05, 0.1) is 5.41 Å². The smallest absolute Gasteiger partial charge is 0.333 e. The molecule has 0 spiro atoms. The fourth-order valence-electron chi connectivity index (χ4n) is 1.55. The van der Waals surface area contributed by atoms with Gasteiger partial charge in [-0.3, -0.25) is 4.79 Å².